The number of aliphatic hydroxyl groups is 1. The van der Waals surface area contributed by atoms with Gasteiger partial charge in [-0.25, -0.2) is 9.13 Å². The van der Waals surface area contributed by atoms with Crippen LogP contribution in [0.5, 0.6) is 0 Å². The van der Waals surface area contributed by atoms with Crippen LogP contribution in [0.1, 0.15) is 394 Å². The van der Waals surface area contributed by atoms with E-state index in [0.29, 0.717) is 25.7 Å². The van der Waals surface area contributed by atoms with Gasteiger partial charge in [-0.15, -0.1) is 0 Å². The molecule has 0 saturated carbocycles. The van der Waals surface area contributed by atoms with Crippen molar-refractivity contribution >= 4 is 39.5 Å². The summed E-state index contributed by atoms with van der Waals surface area (Å²) < 4.78 is 68.4. The molecular formula is C74H144O17P2. The summed E-state index contributed by atoms with van der Waals surface area (Å²) >= 11 is 0. The predicted molar refractivity (Wildman–Crippen MR) is 377 cm³/mol. The zero-order valence-electron chi connectivity index (χ0n) is 60.2. The van der Waals surface area contributed by atoms with Crippen molar-refractivity contribution in [2.75, 3.05) is 39.6 Å². The maximum absolute atomic E-state index is 13.1. The lowest BCUT2D eigenvalue weighted by Crippen LogP contribution is -2.30. The summed E-state index contributed by atoms with van der Waals surface area (Å²) in [6.45, 7) is 4.96. The zero-order valence-corrected chi connectivity index (χ0v) is 62.0. The molecule has 17 nitrogen and oxygen atoms in total. The Balaban J connectivity index is 5.21. The van der Waals surface area contributed by atoms with Gasteiger partial charge in [0.25, 0.3) is 0 Å². The Labute approximate surface area is 568 Å². The number of rotatable bonds is 75. The van der Waals surface area contributed by atoms with Crippen molar-refractivity contribution in [3.05, 3.63) is 0 Å². The number of phosphoric acid groups is 2. The van der Waals surface area contributed by atoms with Crippen LogP contribution in [0.3, 0.4) is 0 Å². The summed E-state index contributed by atoms with van der Waals surface area (Å²) in [5.41, 5.74) is 0. The molecule has 0 radical (unpaired) electrons. The van der Waals surface area contributed by atoms with Crippen LogP contribution >= 0.6 is 15.6 Å². The highest BCUT2D eigenvalue weighted by Gasteiger charge is 2.30. The second kappa shape index (κ2) is 68.6. The van der Waals surface area contributed by atoms with E-state index in [1.807, 2.05) is 0 Å². The van der Waals surface area contributed by atoms with Crippen molar-refractivity contribution in [2.45, 2.75) is 412 Å². The molecule has 552 valence electrons. The molecule has 0 heterocycles. The van der Waals surface area contributed by atoms with E-state index in [0.717, 1.165) is 89.9 Å². The highest BCUT2D eigenvalue weighted by molar-refractivity contribution is 7.47. The van der Waals surface area contributed by atoms with Gasteiger partial charge < -0.3 is 33.8 Å². The molecule has 0 aliphatic heterocycles. The average molecular weight is 1370 g/mol. The smallest absolute Gasteiger partial charge is 0.462 e. The van der Waals surface area contributed by atoms with Crippen LogP contribution < -0.4 is 0 Å². The molecule has 0 aromatic heterocycles. The van der Waals surface area contributed by atoms with E-state index in [-0.39, 0.29) is 25.7 Å². The molecule has 0 aliphatic rings. The van der Waals surface area contributed by atoms with E-state index in [2.05, 4.69) is 27.7 Å². The molecule has 93 heavy (non-hydrogen) atoms. The van der Waals surface area contributed by atoms with Gasteiger partial charge in [-0.05, 0) is 25.7 Å². The molecule has 2 unspecified atom stereocenters. The summed E-state index contributed by atoms with van der Waals surface area (Å²) in [4.78, 5) is 72.7. The van der Waals surface area contributed by atoms with Gasteiger partial charge in [0.1, 0.15) is 19.3 Å². The number of carbonyl (C=O) groups excluding carboxylic acids is 4. The molecule has 3 N–H and O–H groups in total. The first kappa shape index (κ1) is 91.1. The molecule has 0 aromatic carbocycles. The highest BCUT2D eigenvalue weighted by Crippen LogP contribution is 2.45. The van der Waals surface area contributed by atoms with E-state index >= 15 is 0 Å². The quantitative estimate of drug-likeness (QED) is 0.0222. The van der Waals surface area contributed by atoms with Crippen LogP contribution in [0.4, 0.5) is 0 Å². The number of hydrogen-bond donors (Lipinski definition) is 3. The average Bonchev–Trinajstić information content (AvgIpc) is 3.50. The fourth-order valence-electron chi connectivity index (χ4n) is 11.4. The minimum Gasteiger partial charge on any atom is -0.462 e. The van der Waals surface area contributed by atoms with Gasteiger partial charge in [-0.1, -0.05) is 342 Å². The van der Waals surface area contributed by atoms with Gasteiger partial charge in [0.2, 0.25) is 0 Å². The number of aliphatic hydroxyl groups excluding tert-OH is 1. The molecule has 0 aliphatic carbocycles. The normalized spacial score (nSPS) is 13.9. The van der Waals surface area contributed by atoms with Crippen molar-refractivity contribution in [1.82, 2.24) is 0 Å². The third-order valence-electron chi connectivity index (χ3n) is 17.4. The second-order valence-electron chi connectivity index (χ2n) is 26.7. The summed E-state index contributed by atoms with van der Waals surface area (Å²) in [6, 6.07) is 0. The summed E-state index contributed by atoms with van der Waals surface area (Å²) in [5.74, 6) is -2.11. The van der Waals surface area contributed by atoms with Crippen molar-refractivity contribution < 1.29 is 80.2 Å². The minimum atomic E-state index is -4.95. The van der Waals surface area contributed by atoms with Gasteiger partial charge in [-0.2, -0.15) is 0 Å². The Hall–Kier alpha value is -1.94. The molecule has 0 rings (SSSR count). The number of carbonyl (C=O) groups is 4. The van der Waals surface area contributed by atoms with E-state index in [4.69, 9.17) is 37.0 Å². The van der Waals surface area contributed by atoms with Gasteiger partial charge in [0.05, 0.1) is 26.4 Å². The molecule has 0 bridgehead atoms. The van der Waals surface area contributed by atoms with E-state index in [1.54, 1.807) is 0 Å². The first-order valence-electron chi connectivity index (χ1n) is 38.8. The lowest BCUT2D eigenvalue weighted by atomic mass is 10.0. The fraction of sp³-hybridized carbons (Fsp3) is 0.946. The van der Waals surface area contributed by atoms with Gasteiger partial charge >= 0.3 is 39.5 Å². The van der Waals surface area contributed by atoms with Gasteiger partial charge in [0.15, 0.2) is 12.2 Å². The van der Waals surface area contributed by atoms with Crippen LogP contribution in [0, 0.1) is 0 Å². The Morgan fingerprint density at radius 1 is 0.258 bits per heavy atom. The third-order valence-corrected chi connectivity index (χ3v) is 19.3. The summed E-state index contributed by atoms with van der Waals surface area (Å²) in [7, 11) is -9.90. The number of phosphoric ester groups is 2. The van der Waals surface area contributed by atoms with Crippen molar-refractivity contribution in [2.24, 2.45) is 0 Å². The highest BCUT2D eigenvalue weighted by atomic mass is 31.2. The molecule has 0 fully saturated rings. The molecule has 0 amide bonds. The van der Waals surface area contributed by atoms with Gasteiger partial charge in [0, 0.05) is 25.7 Å². The standard InChI is InChI=1S/C74H144O17P2/c1-5-9-13-17-21-25-28-31-34-37-40-43-47-51-55-59-72(77)85-65-70(91-74(79)61-57-53-49-45-42-39-36-33-30-27-23-19-15-11-7-3)67-89-93(82,83)87-63-68(75)62-86-92(80,81)88-66-69(64-84-71(76)58-54-50-46-24-20-16-12-8-4)90-73(78)60-56-52-48-44-41-38-35-32-29-26-22-18-14-10-6-2/h68-70,75H,5-67H2,1-4H3,(H,80,81)(H,82,83)/t68-,69+,70+/m0/s1. The number of esters is 4. The van der Waals surface area contributed by atoms with Crippen LogP contribution in [0.25, 0.3) is 0 Å². The Bertz CT molecular complexity index is 1770. The number of hydrogen-bond acceptors (Lipinski definition) is 15. The first-order chi connectivity index (χ1) is 45.2. The van der Waals surface area contributed by atoms with E-state index < -0.39 is 97.5 Å². The molecule has 5 atom stereocenters. The van der Waals surface area contributed by atoms with E-state index in [1.165, 1.54) is 225 Å². The van der Waals surface area contributed by atoms with E-state index in [9.17, 15) is 43.2 Å². The Kier molecular flexibility index (Phi) is 67.1. The van der Waals surface area contributed by atoms with Crippen LogP contribution in [0.15, 0.2) is 0 Å². The monoisotopic (exact) mass is 1370 g/mol. The molecule has 0 aromatic rings. The number of unbranched alkanes of at least 4 members (excludes halogenated alkanes) is 49. The molecule has 0 spiro atoms. The summed E-state index contributed by atoms with van der Waals surface area (Å²) in [6.07, 6.45) is 58.1. The third kappa shape index (κ3) is 68.4. The number of ether oxygens (including phenoxy) is 4. The molecular weight excluding hydrogens is 1220 g/mol. The van der Waals surface area contributed by atoms with Crippen LogP contribution in [-0.4, -0.2) is 96.7 Å². The zero-order chi connectivity index (χ0) is 68.2. The maximum atomic E-state index is 13.1. The topological polar surface area (TPSA) is 237 Å². The Morgan fingerprint density at radius 2 is 0.430 bits per heavy atom. The fourth-order valence-corrected chi connectivity index (χ4v) is 13.0. The lowest BCUT2D eigenvalue weighted by molar-refractivity contribution is -0.161. The SMILES string of the molecule is CCCCCCCCCCCCCCCCCC(=O)OC[C@H](COP(=O)(O)OC[C@@H](O)COP(=O)(O)OC[C@@H](COC(=O)CCCCCCCCCC)OC(=O)CCCCCCCCCCCCCCCCC)OC(=O)CCCCCCCCCCCCCCCCC. The minimum absolute atomic E-state index is 0.108. The van der Waals surface area contributed by atoms with Crippen LogP contribution in [-0.2, 0) is 65.4 Å². The largest absolute Gasteiger partial charge is 0.472 e. The maximum Gasteiger partial charge on any atom is 0.472 e. The lowest BCUT2D eigenvalue weighted by Gasteiger charge is -2.21. The predicted octanol–water partition coefficient (Wildman–Crippen LogP) is 21.8. The molecule has 19 heteroatoms. The Morgan fingerprint density at radius 3 is 0.634 bits per heavy atom. The van der Waals surface area contributed by atoms with Crippen molar-refractivity contribution in [3.63, 3.8) is 0 Å². The van der Waals surface area contributed by atoms with Crippen molar-refractivity contribution in [3.8, 4) is 0 Å². The first-order valence-corrected chi connectivity index (χ1v) is 41.8. The summed E-state index contributed by atoms with van der Waals surface area (Å²) in [5, 5.41) is 10.6. The van der Waals surface area contributed by atoms with Crippen molar-refractivity contribution in [1.29, 1.82) is 0 Å². The van der Waals surface area contributed by atoms with Gasteiger partial charge in [-0.3, -0.25) is 37.3 Å². The second-order valence-corrected chi connectivity index (χ2v) is 29.6. The van der Waals surface area contributed by atoms with Crippen LogP contribution in [0.2, 0.25) is 0 Å². The molecule has 0 saturated heterocycles.